The number of nitrogens with zero attached hydrogens (tertiary/aromatic N) is 2. The van der Waals surface area contributed by atoms with Gasteiger partial charge in [0.15, 0.2) is 0 Å². The highest BCUT2D eigenvalue weighted by Gasteiger charge is 2.11. The molecule has 4 heteroatoms. The van der Waals surface area contributed by atoms with E-state index in [-0.39, 0.29) is 5.56 Å². The molecular weight excluding hydrogens is 264 g/mol. The molecule has 4 nitrogen and oxygen atoms in total. The van der Waals surface area contributed by atoms with E-state index in [4.69, 9.17) is 5.11 Å². The van der Waals surface area contributed by atoms with Gasteiger partial charge >= 0.3 is 5.97 Å². The van der Waals surface area contributed by atoms with Crippen molar-refractivity contribution in [2.24, 2.45) is 7.05 Å². The summed E-state index contributed by atoms with van der Waals surface area (Å²) >= 11 is 0. The van der Waals surface area contributed by atoms with Crippen LogP contribution in [-0.2, 0) is 13.5 Å². The average Bonchev–Trinajstić information content (AvgIpc) is 2.77. The van der Waals surface area contributed by atoms with Gasteiger partial charge in [-0.25, -0.2) is 9.78 Å². The first-order valence-electron chi connectivity index (χ1n) is 6.79. The molecule has 0 bridgehead atoms. The highest BCUT2D eigenvalue weighted by molar-refractivity contribution is 5.92. The normalized spacial score (nSPS) is 11.0. The van der Waals surface area contributed by atoms with Gasteiger partial charge in [0.05, 0.1) is 16.6 Å². The lowest BCUT2D eigenvalue weighted by Gasteiger charge is -2.03. The van der Waals surface area contributed by atoms with Crippen LogP contribution in [0.25, 0.3) is 11.0 Å². The van der Waals surface area contributed by atoms with E-state index in [0.717, 1.165) is 23.3 Å². The van der Waals surface area contributed by atoms with Crippen LogP contribution in [0.4, 0.5) is 0 Å². The van der Waals surface area contributed by atoms with Gasteiger partial charge < -0.3 is 9.67 Å². The summed E-state index contributed by atoms with van der Waals surface area (Å²) in [5.74, 6) is -0.000899. The molecule has 0 unspecified atom stereocenters. The Kier molecular flexibility index (Phi) is 3.22. The summed E-state index contributed by atoms with van der Waals surface area (Å²) in [6.07, 6.45) is 0.730. The lowest BCUT2D eigenvalue weighted by molar-refractivity contribution is 0.0697. The van der Waals surface area contributed by atoms with Crippen LogP contribution in [0.2, 0.25) is 0 Å². The first-order valence-corrected chi connectivity index (χ1v) is 6.79. The molecule has 0 aliphatic rings. The first-order chi connectivity index (χ1) is 10.0. The van der Waals surface area contributed by atoms with Crippen molar-refractivity contribution in [2.45, 2.75) is 13.3 Å². The Morgan fingerprint density at radius 1 is 1.19 bits per heavy atom. The van der Waals surface area contributed by atoms with Crippen LogP contribution in [0.1, 0.15) is 27.3 Å². The van der Waals surface area contributed by atoms with Gasteiger partial charge in [0.2, 0.25) is 0 Å². The van der Waals surface area contributed by atoms with Crippen molar-refractivity contribution < 1.29 is 9.90 Å². The van der Waals surface area contributed by atoms with Gasteiger partial charge in [-0.3, -0.25) is 0 Å². The molecule has 0 aliphatic heterocycles. The maximum atomic E-state index is 11.0. The molecule has 0 spiro atoms. The van der Waals surface area contributed by atoms with Crippen LogP contribution in [0.15, 0.2) is 42.5 Å². The minimum absolute atomic E-state index is 0.266. The number of hydrogen-bond donors (Lipinski definition) is 1. The number of aromatic nitrogens is 2. The van der Waals surface area contributed by atoms with E-state index in [1.165, 1.54) is 11.1 Å². The van der Waals surface area contributed by atoms with Gasteiger partial charge in [-0.15, -0.1) is 0 Å². The predicted octanol–water partition coefficient (Wildman–Crippen LogP) is 3.17. The van der Waals surface area contributed by atoms with E-state index in [0.29, 0.717) is 0 Å². The Labute approximate surface area is 122 Å². The zero-order chi connectivity index (χ0) is 15.0. The standard InChI is InChI=1S/C17H16N2O2/c1-11-3-5-12(6-4-11)9-16-18-14-10-13(17(20)21)7-8-15(14)19(16)2/h3-8,10H,9H2,1-2H3,(H,20,21). The lowest BCUT2D eigenvalue weighted by atomic mass is 10.1. The van der Waals surface area contributed by atoms with Crippen molar-refractivity contribution >= 4 is 17.0 Å². The summed E-state index contributed by atoms with van der Waals surface area (Å²) in [4.78, 5) is 15.6. The van der Waals surface area contributed by atoms with Gasteiger partial charge in [0.1, 0.15) is 5.82 Å². The van der Waals surface area contributed by atoms with Crippen LogP contribution in [0.5, 0.6) is 0 Å². The van der Waals surface area contributed by atoms with Gasteiger partial charge in [-0.2, -0.15) is 0 Å². The van der Waals surface area contributed by atoms with Crippen molar-refractivity contribution in [3.63, 3.8) is 0 Å². The number of hydrogen-bond acceptors (Lipinski definition) is 2. The molecule has 0 atom stereocenters. The van der Waals surface area contributed by atoms with Crippen molar-refractivity contribution in [3.05, 3.63) is 65.0 Å². The van der Waals surface area contributed by atoms with Gasteiger partial charge in [-0.05, 0) is 30.7 Å². The molecule has 0 amide bonds. The summed E-state index contributed by atoms with van der Waals surface area (Å²) in [7, 11) is 1.96. The molecular formula is C17H16N2O2. The smallest absolute Gasteiger partial charge is 0.335 e. The summed E-state index contributed by atoms with van der Waals surface area (Å²) in [6.45, 7) is 2.06. The quantitative estimate of drug-likeness (QED) is 0.801. The largest absolute Gasteiger partial charge is 0.478 e. The third-order valence-corrected chi connectivity index (χ3v) is 3.70. The molecule has 21 heavy (non-hydrogen) atoms. The highest BCUT2D eigenvalue weighted by Crippen LogP contribution is 2.19. The summed E-state index contributed by atoms with van der Waals surface area (Å²) in [5.41, 5.74) is 4.36. The van der Waals surface area contributed by atoms with Crippen molar-refractivity contribution in [1.29, 1.82) is 0 Å². The number of rotatable bonds is 3. The molecule has 3 rings (SSSR count). The van der Waals surface area contributed by atoms with E-state index in [1.807, 2.05) is 17.7 Å². The second-order valence-electron chi connectivity index (χ2n) is 5.26. The van der Waals surface area contributed by atoms with Crippen LogP contribution < -0.4 is 0 Å². The van der Waals surface area contributed by atoms with Crippen LogP contribution in [0.3, 0.4) is 0 Å². The van der Waals surface area contributed by atoms with Crippen molar-refractivity contribution in [1.82, 2.24) is 9.55 Å². The topological polar surface area (TPSA) is 55.1 Å². The van der Waals surface area contributed by atoms with Crippen molar-refractivity contribution in [2.75, 3.05) is 0 Å². The number of fused-ring (bicyclic) bond motifs is 1. The average molecular weight is 280 g/mol. The summed E-state index contributed by atoms with van der Waals surface area (Å²) in [6, 6.07) is 13.4. The molecule has 0 saturated heterocycles. The van der Waals surface area contributed by atoms with E-state index in [9.17, 15) is 4.79 Å². The molecule has 106 valence electrons. The van der Waals surface area contributed by atoms with E-state index < -0.39 is 5.97 Å². The number of carboxylic acid groups (broad SMARTS) is 1. The zero-order valence-electron chi connectivity index (χ0n) is 12.0. The Hall–Kier alpha value is -2.62. The molecule has 0 aliphatic carbocycles. The molecule has 2 aromatic carbocycles. The maximum Gasteiger partial charge on any atom is 0.335 e. The number of aromatic carboxylic acids is 1. The number of carboxylic acids is 1. The fourth-order valence-corrected chi connectivity index (χ4v) is 2.43. The monoisotopic (exact) mass is 280 g/mol. The van der Waals surface area contributed by atoms with Gasteiger partial charge in [0.25, 0.3) is 0 Å². The van der Waals surface area contributed by atoms with E-state index in [1.54, 1.807) is 12.1 Å². The second-order valence-corrected chi connectivity index (χ2v) is 5.26. The van der Waals surface area contributed by atoms with Crippen molar-refractivity contribution in [3.8, 4) is 0 Å². The van der Waals surface area contributed by atoms with E-state index in [2.05, 4.69) is 36.2 Å². The molecule has 0 fully saturated rings. The summed E-state index contributed by atoms with van der Waals surface area (Å²) in [5, 5.41) is 9.05. The fourth-order valence-electron chi connectivity index (χ4n) is 2.43. The van der Waals surface area contributed by atoms with E-state index >= 15 is 0 Å². The zero-order valence-corrected chi connectivity index (χ0v) is 12.0. The fraction of sp³-hybridized carbons (Fsp3) is 0.176. The first kappa shape index (κ1) is 13.4. The number of benzene rings is 2. The maximum absolute atomic E-state index is 11.0. The van der Waals surface area contributed by atoms with Crippen LogP contribution >= 0.6 is 0 Å². The van der Waals surface area contributed by atoms with Gasteiger partial charge in [-0.1, -0.05) is 29.8 Å². The Bertz CT molecular complexity index is 817. The third kappa shape index (κ3) is 2.52. The Morgan fingerprint density at radius 3 is 2.57 bits per heavy atom. The minimum atomic E-state index is -0.928. The molecule has 0 radical (unpaired) electrons. The predicted molar refractivity (Wildman–Crippen MR) is 81.7 cm³/mol. The molecule has 1 N–H and O–H groups in total. The minimum Gasteiger partial charge on any atom is -0.478 e. The number of imidazole rings is 1. The molecule has 3 aromatic rings. The van der Waals surface area contributed by atoms with Gasteiger partial charge in [0, 0.05) is 13.5 Å². The molecule has 1 aromatic heterocycles. The number of aryl methyl sites for hydroxylation is 2. The second kappa shape index (κ2) is 5.05. The SMILES string of the molecule is Cc1ccc(Cc2nc3cc(C(=O)O)ccc3n2C)cc1. The Balaban J connectivity index is 2.00. The molecule has 0 saturated carbocycles. The summed E-state index contributed by atoms with van der Waals surface area (Å²) < 4.78 is 2.01. The number of carbonyl (C=O) groups is 1. The third-order valence-electron chi connectivity index (χ3n) is 3.70. The lowest BCUT2D eigenvalue weighted by Crippen LogP contribution is -1.99. The van der Waals surface area contributed by atoms with Crippen LogP contribution in [0, 0.1) is 6.92 Å². The Morgan fingerprint density at radius 2 is 1.90 bits per heavy atom. The van der Waals surface area contributed by atoms with Crippen LogP contribution in [-0.4, -0.2) is 20.6 Å². The molecule has 1 heterocycles. The highest BCUT2D eigenvalue weighted by atomic mass is 16.4.